The van der Waals surface area contributed by atoms with E-state index in [4.69, 9.17) is 17.3 Å². The minimum atomic E-state index is -0.667. The van der Waals surface area contributed by atoms with E-state index >= 15 is 4.39 Å². The number of hydrogen-bond donors (Lipinski definition) is 3. The van der Waals surface area contributed by atoms with E-state index in [1.807, 2.05) is 18.7 Å². The minimum Gasteiger partial charge on any atom is -0.398 e. The van der Waals surface area contributed by atoms with Gasteiger partial charge >= 0.3 is 5.69 Å². The van der Waals surface area contributed by atoms with Crippen LogP contribution >= 0.6 is 11.6 Å². The molecule has 2 unspecified atom stereocenters. The second-order valence-corrected chi connectivity index (χ2v) is 11.6. The number of aromatic nitrogens is 3. The maximum absolute atomic E-state index is 16.1. The highest BCUT2D eigenvalue weighted by atomic mass is 35.5. The summed E-state index contributed by atoms with van der Waals surface area (Å²) in [6.07, 6.45) is 5.24. The molecule has 42 heavy (non-hydrogen) atoms. The zero-order valence-corrected chi connectivity index (χ0v) is 25.5. The first kappa shape index (κ1) is 29.8. The summed E-state index contributed by atoms with van der Waals surface area (Å²) < 4.78 is 17.9. The van der Waals surface area contributed by atoms with Crippen molar-refractivity contribution < 1.29 is 4.39 Å². The van der Waals surface area contributed by atoms with Gasteiger partial charge in [-0.3, -0.25) is 0 Å². The normalized spacial score (nSPS) is 21.3. The number of nitrogens with one attached hydrogen (secondary N) is 2. The van der Waals surface area contributed by atoms with Crippen molar-refractivity contribution >= 4 is 44.9 Å². The molecule has 0 aliphatic carbocycles. The molecule has 222 valence electrons. The lowest BCUT2D eigenvalue weighted by molar-refractivity contribution is 0.143. The predicted molar refractivity (Wildman–Crippen MR) is 169 cm³/mol. The number of nitrogens with zero attached hydrogens (tertiary/aromatic N) is 5. The van der Waals surface area contributed by atoms with Crippen LogP contribution in [-0.4, -0.2) is 64.2 Å². The SMILES string of the molecule is CC.C[C@@H]1CCN1C.Cn1cc(-c2c(Cl)cc3c(N4CC5CCC(C4)N5)nc(=O)[nH]c3c2F)c2c(C#N)c(N)ccc21. The summed E-state index contributed by atoms with van der Waals surface area (Å²) >= 11 is 6.69. The maximum Gasteiger partial charge on any atom is 0.347 e. The van der Waals surface area contributed by atoms with Crippen LogP contribution in [-0.2, 0) is 7.05 Å². The van der Waals surface area contributed by atoms with Crippen molar-refractivity contribution in [2.45, 2.75) is 58.2 Å². The Bertz CT molecular complexity index is 1720. The van der Waals surface area contributed by atoms with Crippen LogP contribution < -0.4 is 21.6 Å². The Labute approximate surface area is 250 Å². The molecule has 4 aromatic rings. The molecule has 3 atom stereocenters. The van der Waals surface area contributed by atoms with Crippen LogP contribution in [0.2, 0.25) is 5.02 Å². The first-order chi connectivity index (χ1) is 20.2. The maximum atomic E-state index is 16.1. The predicted octanol–water partition coefficient (Wildman–Crippen LogP) is 5.01. The Morgan fingerprint density at radius 2 is 1.83 bits per heavy atom. The number of halogens is 2. The Balaban J connectivity index is 0.000000388. The second kappa shape index (κ2) is 11.9. The van der Waals surface area contributed by atoms with Crippen molar-refractivity contribution in [3.05, 3.63) is 51.3 Å². The van der Waals surface area contributed by atoms with E-state index in [-0.39, 0.29) is 21.7 Å². The average molecular weight is 593 g/mol. The molecule has 2 aromatic carbocycles. The number of fused-ring (bicyclic) bond motifs is 4. The highest BCUT2D eigenvalue weighted by molar-refractivity contribution is 6.35. The third kappa shape index (κ3) is 5.21. The van der Waals surface area contributed by atoms with Crippen molar-refractivity contribution in [2.75, 3.05) is 37.3 Å². The molecule has 0 saturated carbocycles. The van der Waals surface area contributed by atoms with Crippen molar-refractivity contribution in [1.82, 2.24) is 24.8 Å². The van der Waals surface area contributed by atoms with Crippen molar-refractivity contribution in [1.29, 1.82) is 5.26 Å². The van der Waals surface area contributed by atoms with Gasteiger partial charge in [0.25, 0.3) is 0 Å². The quantitative estimate of drug-likeness (QED) is 0.280. The Morgan fingerprint density at radius 3 is 2.40 bits per heavy atom. The summed E-state index contributed by atoms with van der Waals surface area (Å²) in [5.41, 5.74) is 7.28. The van der Waals surface area contributed by atoms with Gasteiger partial charge in [0.2, 0.25) is 0 Å². The van der Waals surface area contributed by atoms with Gasteiger partial charge in [-0.1, -0.05) is 25.4 Å². The first-order valence-corrected chi connectivity index (χ1v) is 14.9. The fraction of sp³-hybridized carbons (Fsp3) is 0.452. The van der Waals surface area contributed by atoms with E-state index in [0.717, 1.165) is 24.4 Å². The lowest BCUT2D eigenvalue weighted by atomic mass is 9.98. The summed E-state index contributed by atoms with van der Waals surface area (Å²) in [6, 6.07) is 8.72. The van der Waals surface area contributed by atoms with Gasteiger partial charge in [-0.25, -0.2) is 9.18 Å². The minimum absolute atomic E-state index is 0.0414. The van der Waals surface area contributed by atoms with Gasteiger partial charge in [-0.15, -0.1) is 0 Å². The lowest BCUT2D eigenvalue weighted by Gasteiger charge is -2.34. The number of aryl methyl sites for hydroxylation is 1. The number of nitrogen functional groups attached to an aromatic ring is 1. The van der Waals surface area contributed by atoms with Crippen LogP contribution in [0.5, 0.6) is 0 Å². The van der Waals surface area contributed by atoms with Crippen molar-refractivity contribution in [2.24, 2.45) is 7.05 Å². The summed E-state index contributed by atoms with van der Waals surface area (Å²) in [6.45, 7) is 8.94. The smallest absolute Gasteiger partial charge is 0.347 e. The van der Waals surface area contributed by atoms with Gasteiger partial charge in [0, 0.05) is 71.9 Å². The van der Waals surface area contributed by atoms with Gasteiger partial charge in [-0.2, -0.15) is 10.2 Å². The molecule has 0 amide bonds. The van der Waals surface area contributed by atoms with E-state index in [0.29, 0.717) is 53.0 Å². The van der Waals surface area contributed by atoms with Crippen LogP contribution in [0.4, 0.5) is 15.9 Å². The van der Waals surface area contributed by atoms with Crippen LogP contribution in [0.15, 0.2) is 29.2 Å². The third-order valence-corrected chi connectivity index (χ3v) is 8.93. The monoisotopic (exact) mass is 592 g/mol. The molecule has 0 spiro atoms. The van der Waals surface area contributed by atoms with E-state index < -0.39 is 11.5 Å². The number of piperazine rings is 1. The van der Waals surface area contributed by atoms with Crippen molar-refractivity contribution in [3.63, 3.8) is 0 Å². The Hall–Kier alpha value is -3.65. The van der Waals surface area contributed by atoms with E-state index in [1.54, 1.807) is 36.0 Å². The number of aromatic amines is 1. The van der Waals surface area contributed by atoms with Crippen LogP contribution in [0.3, 0.4) is 0 Å². The summed E-state index contributed by atoms with van der Waals surface area (Å²) in [7, 11) is 3.97. The molecule has 11 heteroatoms. The second-order valence-electron chi connectivity index (χ2n) is 11.2. The molecule has 3 aliphatic rings. The molecule has 9 nitrogen and oxygen atoms in total. The van der Waals surface area contributed by atoms with Crippen LogP contribution in [0, 0.1) is 17.1 Å². The number of nitriles is 1. The number of rotatable bonds is 2. The zero-order chi connectivity index (χ0) is 30.3. The van der Waals surface area contributed by atoms with Gasteiger partial charge in [0.05, 0.1) is 21.8 Å². The van der Waals surface area contributed by atoms with Crippen LogP contribution in [0.25, 0.3) is 32.9 Å². The molecule has 5 heterocycles. The molecule has 3 aliphatic heterocycles. The number of anilines is 2. The Morgan fingerprint density at radius 1 is 1.17 bits per heavy atom. The fourth-order valence-corrected chi connectivity index (χ4v) is 6.42. The fourth-order valence-electron chi connectivity index (χ4n) is 6.12. The first-order valence-electron chi connectivity index (χ1n) is 14.6. The zero-order valence-electron chi connectivity index (χ0n) is 24.8. The van der Waals surface area contributed by atoms with E-state index in [9.17, 15) is 10.1 Å². The molecule has 7 rings (SSSR count). The number of benzene rings is 2. The summed E-state index contributed by atoms with van der Waals surface area (Å²) in [4.78, 5) is 23.7. The number of likely N-dealkylation sites (tertiary alicyclic amines) is 1. The summed E-state index contributed by atoms with van der Waals surface area (Å²) in [5.74, 6) is -0.232. The molecule has 0 radical (unpaired) electrons. The third-order valence-electron chi connectivity index (χ3n) is 8.64. The highest BCUT2D eigenvalue weighted by Crippen LogP contribution is 2.42. The van der Waals surface area contributed by atoms with Gasteiger partial charge in [0.15, 0.2) is 5.82 Å². The van der Waals surface area contributed by atoms with Crippen molar-refractivity contribution in [3.8, 4) is 17.2 Å². The molecule has 2 bridgehead atoms. The van der Waals surface area contributed by atoms with E-state index in [2.05, 4.69) is 40.2 Å². The molecule has 3 saturated heterocycles. The number of H-pyrrole nitrogens is 1. The largest absolute Gasteiger partial charge is 0.398 e. The number of nitrogens with two attached hydrogens (primary N) is 1. The highest BCUT2D eigenvalue weighted by Gasteiger charge is 2.34. The molecular weight excluding hydrogens is 555 g/mol. The average Bonchev–Trinajstić information content (AvgIpc) is 3.50. The van der Waals surface area contributed by atoms with Crippen LogP contribution in [0.1, 0.15) is 45.6 Å². The molecular formula is C31H38ClFN8O. The lowest BCUT2D eigenvalue weighted by Crippen LogP contribution is -2.51. The standard InChI is InChI=1S/C24H21ClFN7O.C5H11N.C2H6/c1-32-10-15(19-14(7-27)17(28)4-5-18(19)32)20-16(25)6-13-22(21(20)26)30-24(34)31-23(13)33-8-11-2-3-12(9-33)29-11;1-5-3-4-6(5)2;1-2/h4-6,10-12,29H,2-3,8-9,28H2,1H3,(H,30,31,34);5H,3-4H2,1-2H3;1-2H3/t;5-;/m.1./s1. The summed E-state index contributed by atoms with van der Waals surface area (Å²) in [5, 5.41) is 14.4. The topological polar surface area (TPSA) is 119 Å². The Kier molecular flexibility index (Phi) is 8.46. The van der Waals surface area contributed by atoms with Gasteiger partial charge in [-0.05, 0) is 58.0 Å². The van der Waals surface area contributed by atoms with E-state index in [1.165, 1.54) is 13.0 Å². The number of hydrogen-bond acceptors (Lipinski definition) is 7. The molecule has 4 N–H and O–H groups in total. The van der Waals surface area contributed by atoms with Gasteiger partial charge < -0.3 is 30.4 Å². The van der Waals surface area contributed by atoms with Gasteiger partial charge in [0.1, 0.15) is 11.9 Å². The molecule has 2 aromatic heterocycles. The molecule has 3 fully saturated rings.